The summed E-state index contributed by atoms with van der Waals surface area (Å²) in [7, 11) is 0. The molecule has 0 heterocycles. The predicted octanol–water partition coefficient (Wildman–Crippen LogP) is -2.29. The highest BCUT2D eigenvalue weighted by Gasteiger charge is 2.33. The molecular formula is C19H30N4O11. The lowest BCUT2D eigenvalue weighted by molar-refractivity contribution is -0.144. The van der Waals surface area contributed by atoms with Crippen LogP contribution in [0.5, 0.6) is 0 Å². The largest absolute Gasteiger partial charge is 0.481 e. The van der Waals surface area contributed by atoms with Crippen LogP contribution in [0.3, 0.4) is 0 Å². The van der Waals surface area contributed by atoms with E-state index in [4.69, 9.17) is 26.2 Å². The fourth-order valence-electron chi connectivity index (χ4n) is 2.65. The summed E-state index contributed by atoms with van der Waals surface area (Å²) in [5.41, 5.74) is 5.62. The number of rotatable bonds is 16. The smallest absolute Gasteiger partial charge is 0.326 e. The van der Waals surface area contributed by atoms with Crippen molar-refractivity contribution in [1.82, 2.24) is 16.0 Å². The molecule has 0 aromatic heterocycles. The Balaban J connectivity index is 5.43. The molecule has 0 aromatic rings. The molecule has 9 N–H and O–H groups in total. The summed E-state index contributed by atoms with van der Waals surface area (Å²) in [6.07, 6.45) is -2.59. The van der Waals surface area contributed by atoms with Crippen molar-refractivity contribution in [2.45, 2.75) is 70.1 Å². The molecule has 15 nitrogen and oxygen atoms in total. The summed E-state index contributed by atoms with van der Waals surface area (Å²) >= 11 is 0. The van der Waals surface area contributed by atoms with E-state index >= 15 is 0 Å². The SMILES string of the molecule is CC(C)C(NC(=O)C(N)CCC(=O)O)C(=O)NC(CC(=O)O)C(=O)NC(CCC(=O)O)C(=O)O. The van der Waals surface area contributed by atoms with Crippen molar-refractivity contribution in [2.24, 2.45) is 11.7 Å². The molecule has 0 saturated carbocycles. The molecule has 4 unspecified atom stereocenters. The van der Waals surface area contributed by atoms with Gasteiger partial charge in [-0.25, -0.2) is 4.79 Å². The normalized spacial score (nSPS) is 14.2. The Labute approximate surface area is 194 Å². The lowest BCUT2D eigenvalue weighted by Gasteiger charge is -2.26. The maximum atomic E-state index is 12.7. The van der Waals surface area contributed by atoms with E-state index in [1.807, 2.05) is 5.32 Å². The Morgan fingerprint density at radius 2 is 1.18 bits per heavy atom. The van der Waals surface area contributed by atoms with Gasteiger partial charge in [-0.3, -0.25) is 28.8 Å². The second-order valence-corrected chi connectivity index (χ2v) is 7.76. The third-order valence-electron chi connectivity index (χ3n) is 4.53. The number of hydrogen-bond donors (Lipinski definition) is 8. The number of amides is 3. The van der Waals surface area contributed by atoms with Crippen LogP contribution >= 0.6 is 0 Å². The monoisotopic (exact) mass is 490 g/mol. The van der Waals surface area contributed by atoms with Gasteiger partial charge in [-0.15, -0.1) is 0 Å². The zero-order chi connectivity index (χ0) is 26.6. The van der Waals surface area contributed by atoms with Crippen molar-refractivity contribution in [3.8, 4) is 0 Å². The van der Waals surface area contributed by atoms with Crippen molar-refractivity contribution in [2.75, 3.05) is 0 Å². The first-order chi connectivity index (χ1) is 15.6. The molecule has 0 spiro atoms. The molecule has 0 radical (unpaired) electrons. The van der Waals surface area contributed by atoms with Crippen LogP contribution in [0.1, 0.15) is 46.0 Å². The minimum atomic E-state index is -1.74. The molecule has 0 fully saturated rings. The van der Waals surface area contributed by atoms with E-state index in [2.05, 4.69) is 10.6 Å². The molecule has 0 bridgehead atoms. The molecule has 0 aromatic carbocycles. The third-order valence-corrected chi connectivity index (χ3v) is 4.53. The van der Waals surface area contributed by atoms with Crippen LogP contribution in [0.4, 0.5) is 0 Å². The number of carboxylic acids is 4. The summed E-state index contributed by atoms with van der Waals surface area (Å²) < 4.78 is 0. The minimum absolute atomic E-state index is 0.204. The topological polar surface area (TPSA) is 263 Å². The van der Waals surface area contributed by atoms with Crippen molar-refractivity contribution < 1.29 is 54.0 Å². The van der Waals surface area contributed by atoms with E-state index in [0.717, 1.165) is 0 Å². The summed E-state index contributed by atoms with van der Waals surface area (Å²) in [4.78, 5) is 81.2. The summed E-state index contributed by atoms with van der Waals surface area (Å²) in [6.45, 7) is 3.07. The highest BCUT2D eigenvalue weighted by molar-refractivity contribution is 5.95. The minimum Gasteiger partial charge on any atom is -0.481 e. The van der Waals surface area contributed by atoms with Gasteiger partial charge in [0, 0.05) is 12.8 Å². The first kappa shape index (κ1) is 30.2. The predicted molar refractivity (Wildman–Crippen MR) is 112 cm³/mol. The van der Waals surface area contributed by atoms with Crippen LogP contribution in [0.25, 0.3) is 0 Å². The molecule has 0 aliphatic carbocycles. The fraction of sp³-hybridized carbons (Fsp3) is 0.632. The van der Waals surface area contributed by atoms with Gasteiger partial charge in [-0.1, -0.05) is 13.8 Å². The number of hydrogen-bond acceptors (Lipinski definition) is 8. The molecule has 192 valence electrons. The van der Waals surface area contributed by atoms with Gasteiger partial charge in [-0.2, -0.15) is 0 Å². The quantitative estimate of drug-likeness (QED) is 0.114. The Bertz CT molecular complexity index is 799. The van der Waals surface area contributed by atoms with Gasteiger partial charge in [0.15, 0.2) is 0 Å². The molecule has 15 heteroatoms. The fourth-order valence-corrected chi connectivity index (χ4v) is 2.65. The maximum Gasteiger partial charge on any atom is 0.326 e. The van der Waals surface area contributed by atoms with Crippen molar-refractivity contribution in [1.29, 1.82) is 0 Å². The van der Waals surface area contributed by atoms with E-state index in [0.29, 0.717) is 0 Å². The van der Waals surface area contributed by atoms with Gasteiger partial charge in [0.2, 0.25) is 17.7 Å². The van der Waals surface area contributed by atoms with Gasteiger partial charge in [0.25, 0.3) is 0 Å². The Kier molecular flexibility index (Phi) is 12.8. The molecule has 3 amide bonds. The van der Waals surface area contributed by atoms with Crippen molar-refractivity contribution in [3.05, 3.63) is 0 Å². The van der Waals surface area contributed by atoms with Gasteiger partial charge < -0.3 is 42.1 Å². The highest BCUT2D eigenvalue weighted by Crippen LogP contribution is 2.07. The number of carboxylic acid groups (broad SMARTS) is 4. The Morgan fingerprint density at radius 3 is 1.62 bits per heavy atom. The van der Waals surface area contributed by atoms with E-state index in [1.165, 1.54) is 13.8 Å². The van der Waals surface area contributed by atoms with Crippen LogP contribution in [0.15, 0.2) is 0 Å². The van der Waals surface area contributed by atoms with Crippen LogP contribution in [0, 0.1) is 5.92 Å². The van der Waals surface area contributed by atoms with E-state index in [9.17, 15) is 33.6 Å². The zero-order valence-electron chi connectivity index (χ0n) is 18.6. The third kappa shape index (κ3) is 11.8. The van der Waals surface area contributed by atoms with Gasteiger partial charge in [0.1, 0.15) is 18.1 Å². The van der Waals surface area contributed by atoms with Crippen LogP contribution in [0.2, 0.25) is 0 Å². The number of nitrogens with one attached hydrogen (secondary N) is 3. The number of aliphatic carboxylic acids is 4. The molecule has 0 saturated heterocycles. The number of carbonyl (C=O) groups is 7. The van der Waals surface area contributed by atoms with Gasteiger partial charge in [-0.05, 0) is 18.8 Å². The molecule has 0 aliphatic rings. The first-order valence-corrected chi connectivity index (χ1v) is 10.2. The number of carbonyl (C=O) groups excluding carboxylic acids is 3. The zero-order valence-corrected chi connectivity index (χ0v) is 18.6. The van der Waals surface area contributed by atoms with Crippen LogP contribution in [-0.4, -0.2) is 86.2 Å². The van der Waals surface area contributed by atoms with Crippen LogP contribution in [-0.2, 0) is 33.6 Å². The maximum absolute atomic E-state index is 12.7. The molecule has 0 aliphatic heterocycles. The highest BCUT2D eigenvalue weighted by atomic mass is 16.4. The van der Waals surface area contributed by atoms with Gasteiger partial charge in [0.05, 0.1) is 12.5 Å². The Morgan fingerprint density at radius 1 is 0.676 bits per heavy atom. The average Bonchev–Trinajstić information content (AvgIpc) is 2.70. The standard InChI is InChI=1S/C19H30N4O11/c1-8(2)15(23-16(30)9(20)3-5-12(24)25)18(32)22-11(7-14(28)29)17(31)21-10(19(33)34)4-6-13(26)27/h8-11,15H,3-7,20H2,1-2H3,(H,21,31)(H,22,32)(H,23,30)(H,24,25)(H,26,27)(H,28,29)(H,33,34). The molecular weight excluding hydrogens is 460 g/mol. The lowest BCUT2D eigenvalue weighted by Crippen LogP contribution is -2.58. The molecule has 0 rings (SSSR count). The van der Waals surface area contributed by atoms with E-state index in [-0.39, 0.29) is 12.8 Å². The Hall–Kier alpha value is -3.75. The summed E-state index contributed by atoms with van der Waals surface area (Å²) in [5.74, 6) is -9.09. The van der Waals surface area contributed by atoms with E-state index in [1.54, 1.807) is 0 Å². The van der Waals surface area contributed by atoms with Gasteiger partial charge >= 0.3 is 23.9 Å². The lowest BCUT2D eigenvalue weighted by atomic mass is 10.0. The first-order valence-electron chi connectivity index (χ1n) is 10.2. The second-order valence-electron chi connectivity index (χ2n) is 7.76. The summed E-state index contributed by atoms with van der Waals surface area (Å²) in [5, 5.41) is 42.1. The van der Waals surface area contributed by atoms with Crippen LogP contribution < -0.4 is 21.7 Å². The van der Waals surface area contributed by atoms with Crippen molar-refractivity contribution in [3.63, 3.8) is 0 Å². The second kappa shape index (κ2) is 14.4. The number of nitrogens with two attached hydrogens (primary N) is 1. The molecule has 34 heavy (non-hydrogen) atoms. The van der Waals surface area contributed by atoms with E-state index < -0.39 is 90.9 Å². The van der Waals surface area contributed by atoms with Crippen molar-refractivity contribution >= 4 is 41.6 Å². The summed E-state index contributed by atoms with van der Waals surface area (Å²) in [6, 6.07) is -5.91. The average molecular weight is 490 g/mol. The molecule has 4 atom stereocenters.